The summed E-state index contributed by atoms with van der Waals surface area (Å²) in [5, 5.41) is 7.46. The molecular formula is C14H24N4O. The molecule has 1 fully saturated rings. The number of carbonyl (C=O) groups is 1. The van der Waals surface area contributed by atoms with Gasteiger partial charge in [-0.2, -0.15) is 5.10 Å². The molecule has 3 N–H and O–H groups in total. The van der Waals surface area contributed by atoms with E-state index >= 15 is 0 Å². The van der Waals surface area contributed by atoms with Gasteiger partial charge in [0.25, 0.3) is 0 Å². The number of hydrogen-bond donors (Lipinski definition) is 2. The fraction of sp³-hybridized carbons (Fsp3) is 0.714. The van der Waals surface area contributed by atoms with Crippen molar-refractivity contribution in [2.45, 2.75) is 65.0 Å². The zero-order valence-electron chi connectivity index (χ0n) is 12.1. The average molecular weight is 264 g/mol. The lowest BCUT2D eigenvalue weighted by molar-refractivity contribution is -0.124. The van der Waals surface area contributed by atoms with Gasteiger partial charge in [0.15, 0.2) is 0 Å². The highest BCUT2D eigenvalue weighted by atomic mass is 16.2. The average Bonchev–Trinajstić information content (AvgIpc) is 2.57. The van der Waals surface area contributed by atoms with Crippen LogP contribution in [0.2, 0.25) is 0 Å². The number of aromatic nitrogens is 2. The highest BCUT2D eigenvalue weighted by molar-refractivity contribution is 5.76. The van der Waals surface area contributed by atoms with Crippen LogP contribution in [0.4, 0.5) is 5.69 Å². The van der Waals surface area contributed by atoms with Gasteiger partial charge >= 0.3 is 0 Å². The van der Waals surface area contributed by atoms with Gasteiger partial charge in [-0.05, 0) is 33.6 Å². The van der Waals surface area contributed by atoms with Gasteiger partial charge in [-0.1, -0.05) is 19.3 Å². The highest BCUT2D eigenvalue weighted by Gasteiger charge is 2.28. The monoisotopic (exact) mass is 264 g/mol. The summed E-state index contributed by atoms with van der Waals surface area (Å²) >= 11 is 0. The van der Waals surface area contributed by atoms with Crippen molar-refractivity contribution >= 4 is 11.6 Å². The zero-order valence-corrected chi connectivity index (χ0v) is 12.1. The van der Waals surface area contributed by atoms with Crippen molar-refractivity contribution in [2.24, 2.45) is 0 Å². The van der Waals surface area contributed by atoms with Crippen molar-refractivity contribution in [1.82, 2.24) is 15.1 Å². The fourth-order valence-corrected chi connectivity index (χ4v) is 2.83. The number of amides is 1. The summed E-state index contributed by atoms with van der Waals surface area (Å²) in [4.78, 5) is 12.1. The van der Waals surface area contributed by atoms with Gasteiger partial charge in [-0.25, -0.2) is 0 Å². The van der Waals surface area contributed by atoms with Crippen molar-refractivity contribution in [3.05, 3.63) is 11.4 Å². The van der Waals surface area contributed by atoms with Crippen LogP contribution in [0.15, 0.2) is 0 Å². The van der Waals surface area contributed by atoms with Gasteiger partial charge in [0, 0.05) is 5.54 Å². The molecule has 0 atom stereocenters. The van der Waals surface area contributed by atoms with Crippen LogP contribution in [0.1, 0.15) is 50.4 Å². The summed E-state index contributed by atoms with van der Waals surface area (Å²) < 4.78 is 1.69. The maximum absolute atomic E-state index is 12.1. The predicted octanol–water partition coefficient (Wildman–Crippen LogP) is 1.92. The minimum absolute atomic E-state index is 0.0231. The number of nitrogens with two attached hydrogens (primary N) is 1. The highest BCUT2D eigenvalue weighted by Crippen LogP contribution is 2.27. The molecule has 1 aromatic heterocycles. The third kappa shape index (κ3) is 3.08. The molecule has 1 aliphatic carbocycles. The molecule has 2 rings (SSSR count). The van der Waals surface area contributed by atoms with E-state index in [2.05, 4.69) is 17.3 Å². The van der Waals surface area contributed by atoms with E-state index in [1.165, 1.54) is 19.3 Å². The number of nitrogen functional groups attached to an aromatic ring is 1. The number of nitrogens with zero attached hydrogens (tertiary/aromatic N) is 2. The van der Waals surface area contributed by atoms with Crippen LogP contribution in [-0.4, -0.2) is 21.2 Å². The Kier molecular flexibility index (Phi) is 3.83. The molecule has 1 aliphatic rings. The topological polar surface area (TPSA) is 72.9 Å². The van der Waals surface area contributed by atoms with Gasteiger partial charge in [0.2, 0.25) is 5.91 Å². The second kappa shape index (κ2) is 5.23. The largest absolute Gasteiger partial charge is 0.396 e. The molecule has 0 bridgehead atoms. The molecule has 1 saturated carbocycles. The van der Waals surface area contributed by atoms with Crippen molar-refractivity contribution in [2.75, 3.05) is 5.73 Å². The number of nitrogens with one attached hydrogen (secondary N) is 1. The molecule has 0 saturated heterocycles. The zero-order chi connectivity index (χ0) is 14.0. The molecule has 0 radical (unpaired) electrons. The van der Waals surface area contributed by atoms with E-state index in [1.54, 1.807) is 4.68 Å². The minimum Gasteiger partial charge on any atom is -0.396 e. The van der Waals surface area contributed by atoms with E-state index in [1.807, 2.05) is 13.8 Å². The lowest BCUT2D eigenvalue weighted by Crippen LogP contribution is -2.48. The summed E-state index contributed by atoms with van der Waals surface area (Å²) in [6.07, 6.45) is 5.81. The number of carbonyl (C=O) groups excluding carboxylic acids is 1. The van der Waals surface area contributed by atoms with E-state index in [0.717, 1.165) is 24.2 Å². The van der Waals surface area contributed by atoms with E-state index in [9.17, 15) is 4.79 Å². The Hall–Kier alpha value is -1.52. The molecule has 0 unspecified atom stereocenters. The Morgan fingerprint density at radius 3 is 2.53 bits per heavy atom. The Balaban J connectivity index is 1.99. The third-order valence-electron chi connectivity index (χ3n) is 4.13. The lowest BCUT2D eigenvalue weighted by Gasteiger charge is -2.34. The number of anilines is 1. The summed E-state index contributed by atoms with van der Waals surface area (Å²) in [5.74, 6) is 0.0231. The molecule has 1 amide bonds. The molecular weight excluding hydrogens is 240 g/mol. The summed E-state index contributed by atoms with van der Waals surface area (Å²) in [7, 11) is 0. The molecule has 1 heterocycles. The second-order valence-electron chi connectivity index (χ2n) is 5.91. The van der Waals surface area contributed by atoms with Gasteiger partial charge in [0.05, 0.1) is 17.1 Å². The van der Waals surface area contributed by atoms with Crippen molar-refractivity contribution in [1.29, 1.82) is 0 Å². The first kappa shape index (κ1) is 13.9. The van der Waals surface area contributed by atoms with Crippen molar-refractivity contribution < 1.29 is 4.79 Å². The molecule has 106 valence electrons. The van der Waals surface area contributed by atoms with Crippen molar-refractivity contribution in [3.8, 4) is 0 Å². The Morgan fingerprint density at radius 2 is 2.00 bits per heavy atom. The predicted molar refractivity (Wildman–Crippen MR) is 75.7 cm³/mol. The van der Waals surface area contributed by atoms with Crippen LogP contribution in [0.3, 0.4) is 0 Å². The lowest BCUT2D eigenvalue weighted by atomic mass is 9.83. The first-order chi connectivity index (χ1) is 8.91. The maximum atomic E-state index is 12.1. The van der Waals surface area contributed by atoms with Crippen LogP contribution in [0.5, 0.6) is 0 Å². The standard InChI is InChI=1S/C14H24N4O/c1-10-13(15)11(2)18(17-10)9-12(19)16-14(3)7-5-4-6-8-14/h4-9,15H2,1-3H3,(H,16,19). The van der Waals surface area contributed by atoms with Crippen LogP contribution >= 0.6 is 0 Å². The SMILES string of the molecule is Cc1nn(CC(=O)NC2(C)CCCCC2)c(C)c1N. The van der Waals surface area contributed by atoms with E-state index in [-0.39, 0.29) is 18.0 Å². The first-order valence-corrected chi connectivity index (χ1v) is 7.02. The molecule has 0 aliphatic heterocycles. The second-order valence-corrected chi connectivity index (χ2v) is 5.91. The number of rotatable bonds is 3. The van der Waals surface area contributed by atoms with Crippen molar-refractivity contribution in [3.63, 3.8) is 0 Å². The fourth-order valence-electron chi connectivity index (χ4n) is 2.83. The molecule has 19 heavy (non-hydrogen) atoms. The van der Waals surface area contributed by atoms with Crippen LogP contribution in [0, 0.1) is 13.8 Å². The number of aryl methyl sites for hydroxylation is 1. The molecule has 1 aromatic rings. The smallest absolute Gasteiger partial charge is 0.242 e. The maximum Gasteiger partial charge on any atom is 0.242 e. The molecule has 0 aromatic carbocycles. The van der Waals surface area contributed by atoms with Gasteiger partial charge in [-0.3, -0.25) is 9.48 Å². The van der Waals surface area contributed by atoms with E-state index in [4.69, 9.17) is 5.73 Å². The quantitative estimate of drug-likeness (QED) is 0.876. The van der Waals surface area contributed by atoms with E-state index < -0.39 is 0 Å². The van der Waals surface area contributed by atoms with Crippen LogP contribution in [-0.2, 0) is 11.3 Å². The summed E-state index contributed by atoms with van der Waals surface area (Å²) in [6.45, 7) is 6.14. The van der Waals surface area contributed by atoms with Crippen LogP contribution < -0.4 is 11.1 Å². The Morgan fingerprint density at radius 1 is 1.37 bits per heavy atom. The minimum atomic E-state index is -0.0447. The summed E-state index contributed by atoms with van der Waals surface area (Å²) in [5.41, 5.74) is 8.16. The van der Waals surface area contributed by atoms with Crippen LogP contribution in [0.25, 0.3) is 0 Å². The summed E-state index contributed by atoms with van der Waals surface area (Å²) in [6, 6.07) is 0. The molecule has 5 nitrogen and oxygen atoms in total. The molecule has 5 heteroatoms. The van der Waals surface area contributed by atoms with E-state index in [0.29, 0.717) is 5.69 Å². The third-order valence-corrected chi connectivity index (χ3v) is 4.13. The van der Waals surface area contributed by atoms with Gasteiger partial charge < -0.3 is 11.1 Å². The van der Waals surface area contributed by atoms with Gasteiger partial charge in [0.1, 0.15) is 6.54 Å². The normalized spacial score (nSPS) is 18.3. The Labute approximate surface area is 114 Å². The molecule has 0 spiro atoms. The van der Waals surface area contributed by atoms with Gasteiger partial charge in [-0.15, -0.1) is 0 Å². The number of hydrogen-bond acceptors (Lipinski definition) is 3. The Bertz CT molecular complexity index is 472. The first-order valence-electron chi connectivity index (χ1n) is 7.02.